The quantitative estimate of drug-likeness (QED) is 0.527. The molecule has 0 aliphatic heterocycles. The predicted molar refractivity (Wildman–Crippen MR) is 51.3 cm³/mol. The van der Waals surface area contributed by atoms with Gasteiger partial charge >= 0.3 is 0 Å². The molecule has 0 saturated carbocycles. The summed E-state index contributed by atoms with van der Waals surface area (Å²) >= 11 is 0. The first-order chi connectivity index (χ1) is 5.00. The second kappa shape index (κ2) is 4.38. The van der Waals surface area contributed by atoms with E-state index in [4.69, 9.17) is 0 Å². The highest BCUT2D eigenvalue weighted by Crippen LogP contribution is 2.19. The summed E-state index contributed by atoms with van der Waals surface area (Å²) in [4.78, 5) is 0. The molecule has 0 aliphatic carbocycles. The summed E-state index contributed by atoms with van der Waals surface area (Å²) in [6.07, 6.45) is 3.16. The summed E-state index contributed by atoms with van der Waals surface area (Å²) in [5, 5.41) is 0. The highest BCUT2D eigenvalue weighted by molar-refractivity contribution is 5.29. The molecule has 63 valence electrons. The third-order valence-corrected chi connectivity index (χ3v) is 2.40. The minimum atomic E-state index is 0.651. The average Bonchev–Trinajstić information content (AvgIpc) is 2.00. The Morgan fingerprint density at radius 2 is 1.55 bits per heavy atom. The first-order valence-corrected chi connectivity index (χ1v) is 4.19. The second-order valence-electron chi connectivity index (χ2n) is 3.34. The summed E-state index contributed by atoms with van der Waals surface area (Å²) in [7, 11) is 0. The molecule has 0 nitrogen and oxygen atoms in total. The SMILES string of the molecule is C/[C]=C(\C)C(C)=C(C)C(C)C. The van der Waals surface area contributed by atoms with Gasteiger partial charge in [0.15, 0.2) is 0 Å². The maximum Gasteiger partial charge on any atom is -0.0257 e. The largest absolute Gasteiger partial charge is 0.0676 e. The van der Waals surface area contributed by atoms with Crippen LogP contribution in [0.15, 0.2) is 16.7 Å². The summed E-state index contributed by atoms with van der Waals surface area (Å²) < 4.78 is 0. The maximum atomic E-state index is 3.16. The van der Waals surface area contributed by atoms with Crippen LogP contribution < -0.4 is 0 Å². The van der Waals surface area contributed by atoms with E-state index in [1.807, 2.05) is 6.92 Å². The molecule has 0 spiro atoms. The molecule has 0 saturated heterocycles. The van der Waals surface area contributed by atoms with Gasteiger partial charge in [-0.1, -0.05) is 19.4 Å². The molecule has 0 aromatic rings. The van der Waals surface area contributed by atoms with E-state index in [0.717, 1.165) is 0 Å². The van der Waals surface area contributed by atoms with Gasteiger partial charge in [-0.15, -0.1) is 0 Å². The van der Waals surface area contributed by atoms with Crippen molar-refractivity contribution in [3.8, 4) is 0 Å². The first kappa shape index (κ1) is 10.5. The zero-order valence-corrected chi connectivity index (χ0v) is 8.58. The highest BCUT2D eigenvalue weighted by Gasteiger charge is 2.01. The lowest BCUT2D eigenvalue weighted by Gasteiger charge is -2.10. The molecule has 1 radical (unpaired) electrons. The number of hydrogen-bond donors (Lipinski definition) is 0. The van der Waals surface area contributed by atoms with E-state index in [9.17, 15) is 0 Å². The molecule has 0 amide bonds. The third-order valence-electron chi connectivity index (χ3n) is 2.40. The van der Waals surface area contributed by atoms with Gasteiger partial charge < -0.3 is 0 Å². The van der Waals surface area contributed by atoms with Crippen molar-refractivity contribution in [2.24, 2.45) is 5.92 Å². The van der Waals surface area contributed by atoms with E-state index >= 15 is 0 Å². The summed E-state index contributed by atoms with van der Waals surface area (Å²) in [6, 6.07) is 0. The fraction of sp³-hybridized carbons (Fsp3) is 0.636. The van der Waals surface area contributed by atoms with Crippen molar-refractivity contribution < 1.29 is 0 Å². The van der Waals surface area contributed by atoms with Crippen molar-refractivity contribution in [2.75, 3.05) is 0 Å². The van der Waals surface area contributed by atoms with E-state index in [1.165, 1.54) is 16.7 Å². The molecule has 0 heteroatoms. The van der Waals surface area contributed by atoms with Gasteiger partial charge in [-0.3, -0.25) is 0 Å². The molecule has 0 N–H and O–H groups in total. The maximum absolute atomic E-state index is 3.16. The molecule has 0 rings (SSSR count). The Labute approximate surface area is 71.0 Å². The van der Waals surface area contributed by atoms with Crippen molar-refractivity contribution in [1.29, 1.82) is 0 Å². The number of hydrogen-bond acceptors (Lipinski definition) is 0. The average molecular weight is 151 g/mol. The molecule has 0 aliphatic rings. The van der Waals surface area contributed by atoms with Gasteiger partial charge in [-0.25, -0.2) is 0 Å². The molecule has 0 fully saturated rings. The highest BCUT2D eigenvalue weighted by atomic mass is 14.1. The molecule has 0 aromatic heterocycles. The fourth-order valence-corrected chi connectivity index (χ4v) is 0.916. The molecule has 0 heterocycles. The lowest BCUT2D eigenvalue weighted by Crippen LogP contribution is -1.94. The van der Waals surface area contributed by atoms with Crippen LogP contribution in [0.3, 0.4) is 0 Å². The van der Waals surface area contributed by atoms with Gasteiger partial charge in [0.2, 0.25) is 0 Å². The minimum Gasteiger partial charge on any atom is -0.0676 e. The van der Waals surface area contributed by atoms with Gasteiger partial charge in [0.05, 0.1) is 0 Å². The Morgan fingerprint density at radius 3 is 1.82 bits per heavy atom. The van der Waals surface area contributed by atoms with Gasteiger partial charge in [-0.2, -0.15) is 0 Å². The van der Waals surface area contributed by atoms with Crippen molar-refractivity contribution in [1.82, 2.24) is 0 Å². The second-order valence-corrected chi connectivity index (χ2v) is 3.34. The van der Waals surface area contributed by atoms with E-state index in [0.29, 0.717) is 5.92 Å². The number of allylic oxidation sites excluding steroid dienone is 4. The van der Waals surface area contributed by atoms with Gasteiger partial charge in [0, 0.05) is 0 Å². The Bertz CT molecular complexity index is 180. The zero-order valence-electron chi connectivity index (χ0n) is 8.58. The molecular formula is C11H19. The van der Waals surface area contributed by atoms with Crippen LogP contribution >= 0.6 is 0 Å². The van der Waals surface area contributed by atoms with Crippen LogP contribution in [0.5, 0.6) is 0 Å². The summed E-state index contributed by atoms with van der Waals surface area (Å²) in [6.45, 7) is 12.9. The molecule has 0 atom stereocenters. The predicted octanol–water partition coefficient (Wildman–Crippen LogP) is 3.75. The zero-order chi connectivity index (χ0) is 9.02. The van der Waals surface area contributed by atoms with Crippen molar-refractivity contribution in [2.45, 2.75) is 41.5 Å². The van der Waals surface area contributed by atoms with Crippen LogP contribution in [0.1, 0.15) is 41.5 Å². The normalized spacial score (nSPS) is 15.4. The first-order valence-electron chi connectivity index (χ1n) is 4.19. The summed E-state index contributed by atoms with van der Waals surface area (Å²) in [5.41, 5.74) is 4.13. The topological polar surface area (TPSA) is 0 Å². The van der Waals surface area contributed by atoms with Crippen LogP contribution in [-0.4, -0.2) is 0 Å². The Kier molecular flexibility index (Phi) is 4.17. The van der Waals surface area contributed by atoms with Gasteiger partial charge in [0.25, 0.3) is 0 Å². The van der Waals surface area contributed by atoms with Gasteiger partial charge in [0.1, 0.15) is 0 Å². The van der Waals surface area contributed by atoms with E-state index in [2.05, 4.69) is 40.7 Å². The summed E-state index contributed by atoms with van der Waals surface area (Å²) in [5.74, 6) is 0.651. The number of rotatable bonds is 2. The monoisotopic (exact) mass is 151 g/mol. The van der Waals surface area contributed by atoms with E-state index in [-0.39, 0.29) is 0 Å². The lowest BCUT2D eigenvalue weighted by atomic mass is 9.96. The Morgan fingerprint density at radius 1 is 1.09 bits per heavy atom. The van der Waals surface area contributed by atoms with Crippen LogP contribution in [0.4, 0.5) is 0 Å². The molecule has 0 unspecified atom stereocenters. The van der Waals surface area contributed by atoms with Crippen molar-refractivity contribution >= 4 is 0 Å². The smallest absolute Gasteiger partial charge is 0.0257 e. The van der Waals surface area contributed by atoms with Crippen LogP contribution in [0.25, 0.3) is 0 Å². The van der Waals surface area contributed by atoms with Crippen LogP contribution in [-0.2, 0) is 0 Å². The third kappa shape index (κ3) is 2.92. The molecule has 0 aromatic carbocycles. The van der Waals surface area contributed by atoms with E-state index in [1.54, 1.807) is 0 Å². The lowest BCUT2D eigenvalue weighted by molar-refractivity contribution is 0.758. The molecule has 0 bridgehead atoms. The van der Waals surface area contributed by atoms with Gasteiger partial charge in [-0.05, 0) is 50.8 Å². The van der Waals surface area contributed by atoms with Crippen LogP contribution in [0.2, 0.25) is 0 Å². The Hall–Kier alpha value is -0.520. The van der Waals surface area contributed by atoms with Crippen molar-refractivity contribution in [3.05, 3.63) is 22.8 Å². The van der Waals surface area contributed by atoms with E-state index < -0.39 is 0 Å². The van der Waals surface area contributed by atoms with Crippen molar-refractivity contribution in [3.63, 3.8) is 0 Å². The molecule has 11 heavy (non-hydrogen) atoms. The fourth-order valence-electron chi connectivity index (χ4n) is 0.916. The van der Waals surface area contributed by atoms with Crippen LogP contribution in [0, 0.1) is 12.0 Å². The molecular weight excluding hydrogens is 132 g/mol. The Balaban J connectivity index is 4.67. The minimum absolute atomic E-state index is 0.651. The standard InChI is InChI=1S/C11H19/c1-7-9(4)11(6)10(5)8(2)3/h8H,1-6H3.